The fraction of sp³-hybridized carbons (Fsp3) is 0. The average molecular weight is 828 g/mol. The topological polar surface area (TPSA) is 45.5 Å². The van der Waals surface area contributed by atoms with Crippen molar-refractivity contribution in [1.82, 2.24) is 28.2 Å². The number of nitrogens with zero attached hydrogens (tertiary/aromatic N) is 6. The zero-order valence-corrected chi connectivity index (χ0v) is 33.6. The van der Waals surface area contributed by atoms with E-state index in [1.165, 1.54) is 4.57 Å². The van der Waals surface area contributed by atoms with E-state index in [1.807, 2.05) is 159 Å². The van der Waals surface area contributed by atoms with Gasteiger partial charge in [-0.1, -0.05) is 151 Å². The Hall–Kier alpha value is -8.74. The van der Waals surface area contributed by atoms with Gasteiger partial charge in [0, 0.05) is 54.7 Å². The van der Waals surface area contributed by atoms with Crippen LogP contribution >= 0.6 is 0 Å². The van der Waals surface area contributed by atoms with E-state index in [9.17, 15) is 9.60 Å². The molecule has 9 aromatic carbocycles. The summed E-state index contributed by atoms with van der Waals surface area (Å²) in [4.78, 5) is 10.7. The number of aromatic nitrogens is 6. The Labute approximate surface area is 382 Å². The number of hydrogen-bond donors (Lipinski definition) is 0. The Morgan fingerprint density at radius 3 is 1.08 bits per heavy atom. The van der Waals surface area contributed by atoms with E-state index in [1.54, 1.807) is 6.07 Å². The van der Waals surface area contributed by atoms with Gasteiger partial charge in [-0.25, -0.2) is 4.98 Å². The Kier molecular flexibility index (Phi) is 5.41. The van der Waals surface area contributed by atoms with Gasteiger partial charge < -0.3 is 9.13 Å². The van der Waals surface area contributed by atoms with Crippen molar-refractivity contribution in [3.05, 3.63) is 218 Å². The molecule has 298 valence electrons. The van der Waals surface area contributed by atoms with E-state index >= 15 is 0 Å². The lowest BCUT2D eigenvalue weighted by Gasteiger charge is -2.21. The van der Waals surface area contributed by atoms with Crippen LogP contribution in [0.4, 0.5) is 0 Å². The molecule has 0 unspecified atom stereocenters. The first-order valence-electron chi connectivity index (χ1n) is 26.4. The second-order valence-corrected chi connectivity index (χ2v) is 15.8. The van der Waals surface area contributed by atoms with E-state index < -0.39 is 48.3 Å². The SMILES string of the molecule is [2H]c1c([2H])c(-n2c3ccccc3c3ccccc32)c(-c2cc(-n3c4ccccc4c4ccccc43)nc(-n3c4c([2H])c([2H])c([2H])c([2H])c4c4c([2H])c([2H])c([2H])c([2H])c43)n2)c(-n2c3ccccc3c3ccccc32)c1[2H]. The Morgan fingerprint density at radius 1 is 0.312 bits per heavy atom. The van der Waals surface area contributed by atoms with Crippen LogP contribution in [0.5, 0.6) is 0 Å². The molecule has 0 amide bonds. The third kappa shape index (κ3) is 4.85. The molecule has 0 aliphatic heterocycles. The minimum absolute atomic E-state index is 0.129. The second-order valence-electron chi connectivity index (χ2n) is 15.8. The van der Waals surface area contributed by atoms with Crippen LogP contribution in [0.1, 0.15) is 15.1 Å². The van der Waals surface area contributed by atoms with Crippen LogP contribution in [0, 0.1) is 0 Å². The van der Waals surface area contributed by atoms with Crippen LogP contribution in [-0.4, -0.2) is 28.2 Å². The van der Waals surface area contributed by atoms with Crippen LogP contribution in [0.3, 0.4) is 0 Å². The van der Waals surface area contributed by atoms with Crippen molar-refractivity contribution < 1.29 is 15.1 Å². The molecular weight excluding hydrogens is 781 g/mol. The molecule has 0 aliphatic carbocycles. The highest BCUT2D eigenvalue weighted by Crippen LogP contribution is 2.43. The maximum Gasteiger partial charge on any atom is 0.237 e. The minimum atomic E-state index is -0.600. The summed E-state index contributed by atoms with van der Waals surface area (Å²) < 4.78 is 110. The summed E-state index contributed by atoms with van der Waals surface area (Å²) >= 11 is 0. The van der Waals surface area contributed by atoms with Crippen molar-refractivity contribution in [2.45, 2.75) is 0 Å². The summed E-state index contributed by atoms with van der Waals surface area (Å²) in [5, 5.41) is 5.00. The average Bonchev–Trinajstić information content (AvgIpc) is 4.29. The van der Waals surface area contributed by atoms with Crippen molar-refractivity contribution in [1.29, 1.82) is 0 Å². The van der Waals surface area contributed by atoms with E-state index in [0.29, 0.717) is 22.1 Å². The zero-order chi connectivity index (χ0) is 51.5. The van der Waals surface area contributed by atoms with Crippen molar-refractivity contribution in [2.24, 2.45) is 0 Å². The highest BCUT2D eigenvalue weighted by molar-refractivity contribution is 6.13. The van der Waals surface area contributed by atoms with Crippen LogP contribution < -0.4 is 0 Å². The fourth-order valence-corrected chi connectivity index (χ4v) is 9.85. The first-order chi connectivity index (χ1) is 36.4. The maximum absolute atomic E-state index is 10.1. The van der Waals surface area contributed by atoms with E-state index in [-0.39, 0.29) is 74.3 Å². The first kappa shape index (κ1) is 25.9. The molecule has 5 aromatic heterocycles. The standard InChI is InChI=1S/C58H36N6/c1-9-26-46-37(18-1)38-19-2-10-27-47(38)61(46)54-34-17-35-55(62-48-28-11-3-20-39(48)40-21-4-12-29-49(40)62)57(54)45-36-56(63-50-30-13-5-22-41(50)42-23-6-14-31-51(42)63)60-58(59-45)64-52-32-15-7-24-43(52)44-25-8-16-33-53(44)64/h1-36H/i7D,8D,15D,16D,17D,24D,25D,32D,33D,34D,35D. The van der Waals surface area contributed by atoms with E-state index in [0.717, 1.165) is 43.4 Å². The van der Waals surface area contributed by atoms with Crippen molar-refractivity contribution >= 4 is 87.2 Å². The van der Waals surface area contributed by atoms with Crippen molar-refractivity contribution in [2.75, 3.05) is 0 Å². The molecule has 14 rings (SSSR count). The van der Waals surface area contributed by atoms with Gasteiger partial charge in [0.25, 0.3) is 0 Å². The smallest absolute Gasteiger partial charge is 0.237 e. The molecule has 0 radical (unpaired) electrons. The Balaban J connectivity index is 1.26. The predicted octanol–water partition coefficient (Wildman–Crippen LogP) is 14.5. The van der Waals surface area contributed by atoms with Crippen LogP contribution in [0.2, 0.25) is 0 Å². The molecule has 0 saturated carbocycles. The van der Waals surface area contributed by atoms with Crippen LogP contribution in [-0.2, 0) is 0 Å². The van der Waals surface area contributed by atoms with E-state index in [2.05, 4.69) is 0 Å². The molecule has 14 aromatic rings. The molecule has 0 bridgehead atoms. The van der Waals surface area contributed by atoms with Gasteiger partial charge in [-0.15, -0.1) is 0 Å². The van der Waals surface area contributed by atoms with Gasteiger partial charge >= 0.3 is 0 Å². The summed E-state index contributed by atoms with van der Waals surface area (Å²) in [5.74, 6) is 0.0206. The third-order valence-corrected chi connectivity index (χ3v) is 12.4. The molecule has 0 N–H and O–H groups in total. The number of para-hydroxylation sites is 8. The molecule has 0 atom stereocenters. The fourth-order valence-electron chi connectivity index (χ4n) is 9.85. The summed E-state index contributed by atoms with van der Waals surface area (Å²) in [6.07, 6.45) is 0. The number of hydrogen-bond acceptors (Lipinski definition) is 2. The Bertz CT molecular complexity index is 4500. The summed E-state index contributed by atoms with van der Waals surface area (Å²) in [7, 11) is 0. The van der Waals surface area contributed by atoms with Crippen LogP contribution in [0.15, 0.2) is 218 Å². The van der Waals surface area contributed by atoms with Gasteiger partial charge in [-0.2, -0.15) is 4.98 Å². The molecule has 6 heteroatoms. The zero-order valence-electron chi connectivity index (χ0n) is 44.6. The summed E-state index contributed by atoms with van der Waals surface area (Å²) in [5.41, 5.74) is 4.79. The largest absolute Gasteiger partial charge is 0.308 e. The summed E-state index contributed by atoms with van der Waals surface area (Å²) in [6.45, 7) is 0. The monoisotopic (exact) mass is 827 g/mol. The highest BCUT2D eigenvalue weighted by atomic mass is 15.2. The van der Waals surface area contributed by atoms with Crippen molar-refractivity contribution in [3.63, 3.8) is 0 Å². The van der Waals surface area contributed by atoms with Gasteiger partial charge in [0.2, 0.25) is 5.95 Å². The van der Waals surface area contributed by atoms with Crippen LogP contribution in [0.25, 0.3) is 122 Å². The predicted molar refractivity (Wildman–Crippen MR) is 265 cm³/mol. The first-order valence-corrected chi connectivity index (χ1v) is 20.9. The molecule has 0 aliphatic rings. The lowest BCUT2D eigenvalue weighted by atomic mass is 10.0. The highest BCUT2D eigenvalue weighted by Gasteiger charge is 2.25. The molecule has 6 nitrogen and oxygen atoms in total. The molecule has 0 saturated heterocycles. The lowest BCUT2D eigenvalue weighted by molar-refractivity contribution is 0.950. The summed E-state index contributed by atoms with van der Waals surface area (Å²) in [6, 6.07) is 43.2. The normalized spacial score (nSPS) is 14.5. The molecule has 0 fully saturated rings. The maximum atomic E-state index is 10.1. The van der Waals surface area contributed by atoms with Gasteiger partial charge in [0.1, 0.15) is 5.82 Å². The number of rotatable bonds is 5. The van der Waals surface area contributed by atoms with Crippen molar-refractivity contribution in [3.8, 4) is 34.4 Å². The molecular formula is C58H36N6. The molecule has 0 spiro atoms. The van der Waals surface area contributed by atoms with Gasteiger partial charge in [0.15, 0.2) is 0 Å². The molecule has 5 heterocycles. The number of fused-ring (bicyclic) bond motifs is 12. The van der Waals surface area contributed by atoms with E-state index in [4.69, 9.17) is 15.5 Å². The third-order valence-electron chi connectivity index (χ3n) is 12.4. The molecule has 64 heavy (non-hydrogen) atoms. The lowest BCUT2D eigenvalue weighted by Crippen LogP contribution is -2.10. The quantitative estimate of drug-likeness (QED) is 0.173. The Morgan fingerprint density at radius 2 is 0.672 bits per heavy atom. The number of benzene rings is 9. The minimum Gasteiger partial charge on any atom is -0.308 e. The van der Waals surface area contributed by atoms with Gasteiger partial charge in [-0.3, -0.25) is 9.13 Å². The van der Waals surface area contributed by atoms with Gasteiger partial charge in [-0.05, 0) is 60.6 Å². The second kappa shape index (κ2) is 13.4. The van der Waals surface area contributed by atoms with Gasteiger partial charge in [0.05, 0.1) is 76.3 Å².